The zero-order chi connectivity index (χ0) is 22.6. The molecule has 4 rings (SSSR count). The molecule has 2 nitrogen and oxygen atoms in total. The molecule has 0 aliphatic rings. The van der Waals surface area contributed by atoms with E-state index in [-0.39, 0.29) is 11.3 Å². The summed E-state index contributed by atoms with van der Waals surface area (Å²) >= 11 is 0. The second kappa shape index (κ2) is 9.45. The lowest BCUT2D eigenvalue weighted by Crippen LogP contribution is -2.36. The van der Waals surface area contributed by atoms with Crippen LogP contribution in [0.2, 0.25) is 0 Å². The van der Waals surface area contributed by atoms with Crippen molar-refractivity contribution in [1.82, 2.24) is 0 Å². The average molecular weight is 458 g/mol. The first-order valence-electron chi connectivity index (χ1n) is 10.9. The summed E-state index contributed by atoms with van der Waals surface area (Å²) in [4.78, 5) is 0. The smallest absolute Gasteiger partial charge is 0.146 e. The van der Waals surface area contributed by atoms with Crippen LogP contribution in [0.3, 0.4) is 0 Å². The predicted molar refractivity (Wildman–Crippen MR) is 138 cm³/mol. The van der Waals surface area contributed by atoms with Gasteiger partial charge in [-0.15, -0.1) is 0 Å². The molecule has 0 aliphatic carbocycles. The highest BCUT2D eigenvalue weighted by atomic mass is 31.2. The van der Waals surface area contributed by atoms with Gasteiger partial charge in [0, 0.05) is 32.5 Å². The first-order chi connectivity index (χ1) is 15.5. The second-order valence-corrected chi connectivity index (χ2v) is 14.5. The van der Waals surface area contributed by atoms with E-state index in [2.05, 4.69) is 0 Å². The summed E-state index contributed by atoms with van der Waals surface area (Å²) < 4.78 is 29.9. The fraction of sp³-hybridized carbons (Fsp3) is 0.143. The van der Waals surface area contributed by atoms with Crippen molar-refractivity contribution in [1.29, 1.82) is 0 Å². The van der Waals surface area contributed by atoms with E-state index in [0.29, 0.717) is 0 Å². The standard InChI is InChI=1S/C28H28O2P2/c1-23(31(29,25-15-7-3-8-16-25)26-17-9-4-10-18-26)24(2)32(30,27-19-11-5-12-20-27)28-21-13-6-14-22-28/h3-24H,1-2H3. The van der Waals surface area contributed by atoms with Crippen LogP contribution < -0.4 is 21.2 Å². The fourth-order valence-corrected chi connectivity index (χ4v) is 11.7. The summed E-state index contributed by atoms with van der Waals surface area (Å²) in [7, 11) is -6.16. The highest BCUT2D eigenvalue weighted by molar-refractivity contribution is 7.83. The largest absolute Gasteiger partial charge is 0.313 e. The molecule has 0 fully saturated rings. The number of benzene rings is 4. The molecule has 0 radical (unpaired) electrons. The topological polar surface area (TPSA) is 34.1 Å². The quantitative estimate of drug-likeness (QED) is 0.329. The molecule has 32 heavy (non-hydrogen) atoms. The molecule has 2 unspecified atom stereocenters. The Labute approximate surface area is 191 Å². The van der Waals surface area contributed by atoms with Gasteiger partial charge in [0.05, 0.1) is 0 Å². The molecular weight excluding hydrogens is 430 g/mol. The van der Waals surface area contributed by atoms with Crippen LogP contribution in [0.5, 0.6) is 0 Å². The van der Waals surface area contributed by atoms with E-state index < -0.39 is 14.3 Å². The highest BCUT2D eigenvalue weighted by Crippen LogP contribution is 2.59. The van der Waals surface area contributed by atoms with Gasteiger partial charge < -0.3 is 9.13 Å². The van der Waals surface area contributed by atoms with Crippen LogP contribution in [0.1, 0.15) is 13.8 Å². The first-order valence-corrected chi connectivity index (χ1v) is 14.5. The predicted octanol–water partition coefficient (Wildman–Crippen LogP) is 5.79. The summed E-state index contributed by atoms with van der Waals surface area (Å²) in [6, 6.07) is 38.7. The normalized spacial score (nSPS) is 13.9. The molecule has 0 saturated carbocycles. The Morgan fingerprint density at radius 1 is 0.406 bits per heavy atom. The van der Waals surface area contributed by atoms with Crippen molar-refractivity contribution in [2.75, 3.05) is 0 Å². The van der Waals surface area contributed by atoms with Gasteiger partial charge in [0.15, 0.2) is 0 Å². The lowest BCUT2D eigenvalue weighted by atomic mass is 10.3. The third kappa shape index (κ3) is 3.95. The maximum atomic E-state index is 14.9. The second-order valence-electron chi connectivity index (χ2n) is 8.14. The molecule has 0 aromatic heterocycles. The molecular formula is C28H28O2P2. The van der Waals surface area contributed by atoms with E-state index >= 15 is 0 Å². The average Bonchev–Trinajstić information content (AvgIpc) is 2.89. The highest BCUT2D eigenvalue weighted by Gasteiger charge is 2.45. The Balaban J connectivity index is 1.91. The van der Waals surface area contributed by atoms with Gasteiger partial charge in [0.25, 0.3) is 0 Å². The summed E-state index contributed by atoms with van der Waals surface area (Å²) in [5.41, 5.74) is -0.669. The number of hydrogen-bond acceptors (Lipinski definition) is 2. The van der Waals surface area contributed by atoms with Crippen molar-refractivity contribution in [3.63, 3.8) is 0 Å². The molecule has 0 spiro atoms. The summed E-state index contributed by atoms with van der Waals surface area (Å²) in [6.07, 6.45) is 0. The van der Waals surface area contributed by atoms with Crippen molar-refractivity contribution in [2.45, 2.75) is 25.2 Å². The van der Waals surface area contributed by atoms with Crippen molar-refractivity contribution < 1.29 is 9.13 Å². The zero-order valence-corrected chi connectivity index (χ0v) is 20.2. The maximum absolute atomic E-state index is 14.9. The minimum Gasteiger partial charge on any atom is -0.313 e. The van der Waals surface area contributed by atoms with Crippen LogP contribution >= 0.6 is 14.3 Å². The molecule has 0 saturated heterocycles. The number of rotatable bonds is 7. The van der Waals surface area contributed by atoms with Gasteiger partial charge in [-0.25, -0.2) is 0 Å². The van der Waals surface area contributed by atoms with Gasteiger partial charge in [-0.2, -0.15) is 0 Å². The van der Waals surface area contributed by atoms with E-state index in [0.717, 1.165) is 21.2 Å². The third-order valence-electron chi connectivity index (χ3n) is 6.40. The first kappa shape index (κ1) is 22.5. The molecule has 4 aromatic rings. The zero-order valence-electron chi connectivity index (χ0n) is 18.4. The van der Waals surface area contributed by atoms with E-state index in [9.17, 15) is 9.13 Å². The van der Waals surface area contributed by atoms with E-state index in [1.807, 2.05) is 135 Å². The van der Waals surface area contributed by atoms with Crippen molar-refractivity contribution in [3.05, 3.63) is 121 Å². The summed E-state index contributed by atoms with van der Waals surface area (Å²) in [5, 5.41) is 3.22. The molecule has 0 N–H and O–H groups in total. The minimum atomic E-state index is -3.08. The van der Waals surface area contributed by atoms with Crippen LogP contribution in [-0.2, 0) is 9.13 Å². The monoisotopic (exact) mass is 458 g/mol. The Hall–Kier alpha value is -2.66. The molecule has 4 aromatic carbocycles. The van der Waals surface area contributed by atoms with Gasteiger partial charge >= 0.3 is 0 Å². The Morgan fingerprint density at radius 3 is 0.781 bits per heavy atom. The number of hydrogen-bond donors (Lipinski definition) is 0. The van der Waals surface area contributed by atoms with E-state index in [4.69, 9.17) is 0 Å². The van der Waals surface area contributed by atoms with Crippen LogP contribution in [0.4, 0.5) is 0 Å². The summed E-state index contributed by atoms with van der Waals surface area (Å²) in [6.45, 7) is 4.01. The Kier molecular flexibility index (Phi) is 6.66. The van der Waals surface area contributed by atoms with Crippen LogP contribution in [-0.4, -0.2) is 11.3 Å². The Bertz CT molecular complexity index is 1050. The van der Waals surface area contributed by atoms with Crippen LogP contribution in [0.15, 0.2) is 121 Å². The molecule has 4 heteroatoms. The molecule has 0 aliphatic heterocycles. The fourth-order valence-electron chi connectivity index (χ4n) is 4.44. The lowest BCUT2D eigenvalue weighted by molar-refractivity contribution is 0.565. The Morgan fingerprint density at radius 2 is 0.594 bits per heavy atom. The van der Waals surface area contributed by atoms with Crippen molar-refractivity contribution in [2.24, 2.45) is 0 Å². The molecule has 2 atom stereocenters. The SMILES string of the molecule is CC(C(C)P(=O)(c1ccccc1)c1ccccc1)P(=O)(c1ccccc1)c1ccccc1. The van der Waals surface area contributed by atoms with Gasteiger partial charge in [-0.05, 0) is 0 Å². The lowest BCUT2D eigenvalue weighted by Gasteiger charge is -2.35. The molecule has 162 valence electrons. The van der Waals surface area contributed by atoms with Gasteiger partial charge in [0.1, 0.15) is 14.3 Å². The van der Waals surface area contributed by atoms with Gasteiger partial charge in [-0.3, -0.25) is 0 Å². The molecule has 0 bridgehead atoms. The van der Waals surface area contributed by atoms with Crippen LogP contribution in [0, 0.1) is 0 Å². The van der Waals surface area contributed by atoms with E-state index in [1.54, 1.807) is 0 Å². The minimum absolute atomic E-state index is 0.335. The molecule has 0 heterocycles. The third-order valence-corrected chi connectivity index (χ3v) is 14.1. The molecule has 0 amide bonds. The van der Waals surface area contributed by atoms with Gasteiger partial charge in [0.2, 0.25) is 0 Å². The van der Waals surface area contributed by atoms with E-state index in [1.165, 1.54) is 0 Å². The summed E-state index contributed by atoms with van der Waals surface area (Å²) in [5.74, 6) is 0. The van der Waals surface area contributed by atoms with Crippen LogP contribution in [0.25, 0.3) is 0 Å². The van der Waals surface area contributed by atoms with Crippen molar-refractivity contribution >= 4 is 35.5 Å². The maximum Gasteiger partial charge on any atom is 0.146 e. The van der Waals surface area contributed by atoms with Gasteiger partial charge in [-0.1, -0.05) is 135 Å². The van der Waals surface area contributed by atoms with Crippen molar-refractivity contribution in [3.8, 4) is 0 Å².